The summed E-state index contributed by atoms with van der Waals surface area (Å²) in [4.78, 5) is 12.8. The van der Waals surface area contributed by atoms with Gasteiger partial charge in [-0.05, 0) is 48.0 Å². The van der Waals surface area contributed by atoms with E-state index in [1.807, 2.05) is 0 Å². The summed E-state index contributed by atoms with van der Waals surface area (Å²) in [5, 5.41) is 8.76. The van der Waals surface area contributed by atoms with Gasteiger partial charge in [-0.3, -0.25) is 9.89 Å². The fourth-order valence-electron chi connectivity index (χ4n) is 2.82. The summed E-state index contributed by atoms with van der Waals surface area (Å²) >= 11 is 0. The molecule has 8 nitrogen and oxygen atoms in total. The van der Waals surface area contributed by atoms with Gasteiger partial charge in [0, 0.05) is 0 Å². The van der Waals surface area contributed by atoms with Gasteiger partial charge in [0.2, 0.25) is 10.0 Å². The van der Waals surface area contributed by atoms with E-state index >= 15 is 0 Å². The lowest BCUT2D eigenvalue weighted by molar-refractivity contribution is 0.326. The molecule has 9 heteroatoms. The highest BCUT2D eigenvalue weighted by Crippen LogP contribution is 2.28. The fraction of sp³-hybridized carbons (Fsp3) is 0.0952. The van der Waals surface area contributed by atoms with Crippen LogP contribution in [0.4, 0.5) is 0 Å². The molecule has 1 heterocycles. The summed E-state index contributed by atoms with van der Waals surface area (Å²) < 4.78 is 35.0. The Kier molecular flexibility index (Phi) is 5.95. The van der Waals surface area contributed by atoms with Crippen molar-refractivity contribution in [1.82, 2.24) is 9.78 Å². The maximum atomic E-state index is 12.9. The van der Waals surface area contributed by atoms with E-state index in [9.17, 15) is 13.2 Å². The van der Waals surface area contributed by atoms with Crippen LogP contribution in [0.5, 0.6) is 11.5 Å². The number of nitrogens with one attached hydrogen (secondary N) is 1. The zero-order chi connectivity index (χ0) is 21.9. The largest absolute Gasteiger partial charge is 0.493 e. The molecule has 0 amide bonds. The van der Waals surface area contributed by atoms with Gasteiger partial charge in [-0.15, -0.1) is 0 Å². The summed E-state index contributed by atoms with van der Waals surface area (Å²) in [6.07, 6.45) is 3.31. The number of benzene rings is 2. The number of nitrogens with zero attached hydrogens (tertiary/aromatic N) is 1. The first-order valence-electron chi connectivity index (χ1n) is 8.81. The SMILES string of the molecule is C=CCOc1ccc(/C=c2\c(=C)[nH]n(-c3ccc(S(N)(=O)=O)cc3)c2=O)cc1OC. The molecule has 156 valence electrons. The Hall–Kier alpha value is -3.56. The van der Waals surface area contributed by atoms with Crippen LogP contribution in [0.15, 0.2) is 64.8 Å². The topological polar surface area (TPSA) is 116 Å². The van der Waals surface area contributed by atoms with Crippen molar-refractivity contribution in [3.05, 3.63) is 81.6 Å². The molecular formula is C21H21N3O5S. The van der Waals surface area contributed by atoms with E-state index in [-0.39, 0.29) is 10.5 Å². The molecule has 30 heavy (non-hydrogen) atoms. The number of methoxy groups -OCH3 is 1. The lowest BCUT2D eigenvalue weighted by Crippen LogP contribution is -2.33. The lowest BCUT2D eigenvalue weighted by Gasteiger charge is -2.09. The van der Waals surface area contributed by atoms with E-state index < -0.39 is 10.0 Å². The standard InChI is InChI=1S/C21H21N3O5S/c1-4-11-29-19-10-5-15(13-20(19)28-3)12-18-14(2)23-24(21(18)25)16-6-8-17(9-7-16)30(22,26)27/h4-10,12-13,23H,1-2,11H2,3H3,(H2,22,26,27)/b18-12+. The molecule has 0 saturated heterocycles. The number of H-pyrrole nitrogens is 1. The molecule has 0 atom stereocenters. The smallest absolute Gasteiger partial charge is 0.279 e. The second-order valence-corrected chi connectivity index (χ2v) is 7.90. The highest BCUT2D eigenvalue weighted by atomic mass is 32.2. The molecule has 0 saturated carbocycles. The van der Waals surface area contributed by atoms with E-state index in [4.69, 9.17) is 14.6 Å². The Bertz CT molecular complexity index is 1350. The molecule has 3 rings (SSSR count). The van der Waals surface area contributed by atoms with E-state index in [0.717, 1.165) is 5.56 Å². The van der Waals surface area contributed by atoms with E-state index in [1.165, 1.54) is 36.1 Å². The highest BCUT2D eigenvalue weighted by Gasteiger charge is 2.10. The molecule has 0 spiro atoms. The maximum Gasteiger partial charge on any atom is 0.279 e. The Balaban J connectivity index is 2.04. The molecule has 0 aliphatic heterocycles. The number of rotatable bonds is 7. The third-order valence-corrected chi connectivity index (χ3v) is 5.21. The second-order valence-electron chi connectivity index (χ2n) is 6.34. The molecule has 0 unspecified atom stereocenters. The number of ether oxygens (including phenoxy) is 2. The number of primary sulfonamides is 1. The number of nitrogens with two attached hydrogens (primary N) is 1. The minimum Gasteiger partial charge on any atom is -0.493 e. The minimum absolute atomic E-state index is 0.0432. The van der Waals surface area contributed by atoms with Gasteiger partial charge in [0.05, 0.1) is 28.3 Å². The molecule has 3 aromatic rings. The van der Waals surface area contributed by atoms with Gasteiger partial charge in [0.25, 0.3) is 5.56 Å². The first-order valence-corrected chi connectivity index (χ1v) is 10.4. The minimum atomic E-state index is -3.82. The molecule has 0 fully saturated rings. The predicted molar refractivity (Wildman–Crippen MR) is 115 cm³/mol. The van der Waals surface area contributed by atoms with Crippen LogP contribution in [-0.2, 0) is 10.0 Å². The van der Waals surface area contributed by atoms with Gasteiger partial charge in [-0.25, -0.2) is 18.2 Å². The van der Waals surface area contributed by atoms with Crippen molar-refractivity contribution in [2.24, 2.45) is 5.14 Å². The van der Waals surface area contributed by atoms with E-state index in [1.54, 1.807) is 30.4 Å². The van der Waals surface area contributed by atoms with Crippen LogP contribution >= 0.6 is 0 Å². The first-order chi connectivity index (χ1) is 14.2. The number of hydrogen-bond acceptors (Lipinski definition) is 5. The van der Waals surface area contributed by atoms with Crippen LogP contribution in [-0.4, -0.2) is 31.9 Å². The van der Waals surface area contributed by atoms with Crippen molar-refractivity contribution in [2.45, 2.75) is 4.90 Å². The molecule has 3 N–H and O–H groups in total. The van der Waals surface area contributed by atoms with E-state index in [2.05, 4.69) is 18.3 Å². The van der Waals surface area contributed by atoms with Crippen molar-refractivity contribution in [2.75, 3.05) is 13.7 Å². The zero-order valence-electron chi connectivity index (χ0n) is 16.3. The van der Waals surface area contributed by atoms with Crippen LogP contribution in [0.1, 0.15) is 5.56 Å². The molecular weight excluding hydrogens is 406 g/mol. The first kappa shape index (κ1) is 21.2. The highest BCUT2D eigenvalue weighted by molar-refractivity contribution is 7.89. The monoisotopic (exact) mass is 427 g/mol. The molecule has 0 bridgehead atoms. The summed E-state index contributed by atoms with van der Waals surface area (Å²) in [6.45, 7) is 7.85. The van der Waals surface area contributed by atoms with Crippen LogP contribution in [0.2, 0.25) is 0 Å². The average Bonchev–Trinajstić information content (AvgIpc) is 3.00. The summed E-state index contributed by atoms with van der Waals surface area (Å²) in [6, 6.07) is 10.9. The normalized spacial score (nSPS) is 12.0. The summed E-state index contributed by atoms with van der Waals surface area (Å²) in [5.41, 5.74) is 0.826. The average molecular weight is 427 g/mol. The molecule has 2 aromatic carbocycles. The zero-order valence-corrected chi connectivity index (χ0v) is 17.1. The molecule has 1 aromatic heterocycles. The third kappa shape index (κ3) is 4.37. The Morgan fingerprint density at radius 2 is 1.87 bits per heavy atom. The van der Waals surface area contributed by atoms with Gasteiger partial charge < -0.3 is 9.47 Å². The van der Waals surface area contributed by atoms with Crippen LogP contribution in [0.3, 0.4) is 0 Å². The second kappa shape index (κ2) is 8.44. The van der Waals surface area contributed by atoms with Gasteiger partial charge in [0.15, 0.2) is 11.5 Å². The Morgan fingerprint density at radius 1 is 1.17 bits per heavy atom. The Morgan fingerprint density at radius 3 is 2.47 bits per heavy atom. The summed E-state index contributed by atoms with van der Waals surface area (Å²) in [7, 11) is -2.29. The van der Waals surface area contributed by atoms with Gasteiger partial charge in [-0.1, -0.05) is 25.3 Å². The van der Waals surface area contributed by atoms with Crippen molar-refractivity contribution in [3.8, 4) is 17.2 Å². The maximum absolute atomic E-state index is 12.9. The quantitative estimate of drug-likeness (QED) is 0.537. The number of aromatic amines is 1. The Labute approximate surface area is 173 Å². The number of hydrogen-bond donors (Lipinski definition) is 2. The van der Waals surface area contributed by atoms with Crippen molar-refractivity contribution in [1.29, 1.82) is 0 Å². The van der Waals surface area contributed by atoms with Gasteiger partial charge in [-0.2, -0.15) is 0 Å². The van der Waals surface area contributed by atoms with Crippen LogP contribution in [0.25, 0.3) is 18.3 Å². The summed E-state index contributed by atoms with van der Waals surface area (Å²) in [5.74, 6) is 1.08. The van der Waals surface area contributed by atoms with Gasteiger partial charge in [0.1, 0.15) is 6.61 Å². The van der Waals surface area contributed by atoms with Crippen molar-refractivity contribution >= 4 is 22.7 Å². The van der Waals surface area contributed by atoms with Crippen LogP contribution < -0.4 is 30.7 Å². The molecule has 0 aliphatic rings. The fourth-order valence-corrected chi connectivity index (χ4v) is 3.34. The predicted octanol–water partition coefficient (Wildman–Crippen LogP) is 0.625. The van der Waals surface area contributed by atoms with Crippen molar-refractivity contribution in [3.63, 3.8) is 0 Å². The number of sulfonamides is 1. The lowest BCUT2D eigenvalue weighted by atomic mass is 10.1. The number of aromatic nitrogens is 2. The third-order valence-electron chi connectivity index (χ3n) is 4.28. The van der Waals surface area contributed by atoms with Gasteiger partial charge >= 0.3 is 0 Å². The van der Waals surface area contributed by atoms with Crippen LogP contribution in [0, 0.1) is 0 Å². The molecule has 0 aliphatic carbocycles. The van der Waals surface area contributed by atoms with E-state index in [0.29, 0.717) is 34.4 Å². The van der Waals surface area contributed by atoms with Crippen molar-refractivity contribution < 1.29 is 17.9 Å². The molecule has 0 radical (unpaired) electrons.